The molecular weight excluding hydrogens is 538 g/mol. The minimum absolute atomic E-state index is 0.101. The summed E-state index contributed by atoms with van der Waals surface area (Å²) in [7, 11) is 0. The summed E-state index contributed by atoms with van der Waals surface area (Å²) in [6, 6.07) is 3.53. The van der Waals surface area contributed by atoms with Crippen molar-refractivity contribution in [1.29, 1.82) is 0 Å². The second-order valence-corrected chi connectivity index (χ2v) is 9.93. The Labute approximate surface area is 226 Å². The number of alkyl halides is 3. The van der Waals surface area contributed by atoms with Gasteiger partial charge in [0, 0.05) is 51.1 Å². The molecule has 0 spiro atoms. The van der Waals surface area contributed by atoms with E-state index in [1.807, 2.05) is 0 Å². The molecule has 2 aliphatic heterocycles. The van der Waals surface area contributed by atoms with Crippen molar-refractivity contribution in [1.82, 2.24) is 25.1 Å². The number of aromatic amines is 1. The number of carbonyl (C=O) groups is 3. The zero-order valence-electron chi connectivity index (χ0n) is 22.0. The maximum Gasteiger partial charge on any atom is 0.492 e. The van der Waals surface area contributed by atoms with E-state index in [0.717, 1.165) is 5.06 Å². The van der Waals surface area contributed by atoms with Gasteiger partial charge in [-0.25, -0.2) is 14.3 Å². The highest BCUT2D eigenvalue weighted by atomic mass is 19.4. The van der Waals surface area contributed by atoms with Crippen molar-refractivity contribution in [2.45, 2.75) is 51.7 Å². The third-order valence-electron chi connectivity index (χ3n) is 7.35. The Morgan fingerprint density at radius 1 is 1.05 bits per heavy atom. The van der Waals surface area contributed by atoms with Crippen LogP contribution in [0.15, 0.2) is 23.0 Å². The molecule has 2 aliphatic rings. The lowest BCUT2D eigenvalue weighted by atomic mass is 10.0. The standard InChI is InChI=1S/C26H29F4N5O5/c1-15-16(2)23(37)32-31-21(15)13-17-5-6-20(27)19(12-17)24(38)34-10-8-33(9-11-34)22(36)14-18-4-3-7-35(18)40-25(39)26(28,29)30/h5-6,12,18H,3-4,7-11,13-14H2,1-2H3,(H,32,37)/t18-/m0/s1. The van der Waals surface area contributed by atoms with Crippen LogP contribution in [0.25, 0.3) is 0 Å². The van der Waals surface area contributed by atoms with Gasteiger partial charge in [-0.2, -0.15) is 18.3 Å². The van der Waals surface area contributed by atoms with Gasteiger partial charge in [0.15, 0.2) is 0 Å². The molecule has 0 bridgehead atoms. The van der Waals surface area contributed by atoms with E-state index in [9.17, 15) is 36.7 Å². The zero-order chi connectivity index (χ0) is 29.2. The summed E-state index contributed by atoms with van der Waals surface area (Å²) < 4.78 is 52.3. The van der Waals surface area contributed by atoms with Gasteiger partial charge in [0.05, 0.1) is 17.3 Å². The van der Waals surface area contributed by atoms with E-state index in [4.69, 9.17) is 0 Å². The summed E-state index contributed by atoms with van der Waals surface area (Å²) in [5.41, 5.74) is 2.06. The van der Waals surface area contributed by atoms with Crippen LogP contribution in [0.4, 0.5) is 17.6 Å². The number of nitrogens with zero attached hydrogens (tertiary/aromatic N) is 4. The molecule has 1 aromatic heterocycles. The highest BCUT2D eigenvalue weighted by molar-refractivity contribution is 5.95. The van der Waals surface area contributed by atoms with E-state index in [0.29, 0.717) is 35.2 Å². The van der Waals surface area contributed by atoms with Crippen molar-refractivity contribution in [3.63, 3.8) is 0 Å². The first kappa shape index (κ1) is 29.2. The number of H-pyrrole nitrogens is 1. The monoisotopic (exact) mass is 567 g/mol. The third kappa shape index (κ3) is 6.49. The SMILES string of the molecule is Cc1c(Cc2ccc(F)c(C(=O)N3CCN(C(=O)C[C@@H]4CCCN4OC(=O)C(F)(F)F)CC3)c2)n[nH]c(=O)c1C. The predicted octanol–water partition coefficient (Wildman–Crippen LogP) is 2.28. The molecule has 2 saturated heterocycles. The van der Waals surface area contributed by atoms with Crippen LogP contribution in [-0.2, 0) is 20.8 Å². The van der Waals surface area contributed by atoms with Gasteiger partial charge in [0.2, 0.25) is 5.91 Å². The lowest BCUT2D eigenvalue weighted by Gasteiger charge is -2.35. The highest BCUT2D eigenvalue weighted by Crippen LogP contribution is 2.25. The number of aromatic nitrogens is 2. The van der Waals surface area contributed by atoms with Crippen LogP contribution in [0.3, 0.4) is 0 Å². The van der Waals surface area contributed by atoms with Gasteiger partial charge in [0.1, 0.15) is 5.82 Å². The van der Waals surface area contributed by atoms with Gasteiger partial charge in [-0.05, 0) is 49.9 Å². The van der Waals surface area contributed by atoms with Crippen molar-refractivity contribution in [3.05, 3.63) is 62.3 Å². The Hall–Kier alpha value is -3.81. The highest BCUT2D eigenvalue weighted by Gasteiger charge is 2.44. The summed E-state index contributed by atoms with van der Waals surface area (Å²) in [5.74, 6) is -3.88. The van der Waals surface area contributed by atoms with Crippen molar-refractivity contribution in [3.8, 4) is 0 Å². The summed E-state index contributed by atoms with van der Waals surface area (Å²) in [4.78, 5) is 56.3. The lowest BCUT2D eigenvalue weighted by Crippen LogP contribution is -2.51. The van der Waals surface area contributed by atoms with Crippen LogP contribution in [-0.4, -0.2) is 87.8 Å². The van der Waals surface area contributed by atoms with Crippen LogP contribution < -0.4 is 5.56 Å². The van der Waals surface area contributed by atoms with Crippen LogP contribution in [0, 0.1) is 19.7 Å². The molecule has 2 amide bonds. The predicted molar refractivity (Wildman–Crippen MR) is 133 cm³/mol. The average Bonchev–Trinajstić information content (AvgIpc) is 3.35. The molecule has 0 aliphatic carbocycles. The molecular formula is C26H29F4N5O5. The Kier molecular flexibility index (Phi) is 8.57. The molecule has 1 atom stereocenters. The number of benzene rings is 1. The number of halogens is 4. The smallest absolute Gasteiger partial charge is 0.361 e. The van der Waals surface area contributed by atoms with Crippen LogP contribution in [0.1, 0.15) is 52.0 Å². The zero-order valence-corrected chi connectivity index (χ0v) is 22.0. The lowest BCUT2D eigenvalue weighted by molar-refractivity contribution is -0.241. The van der Waals surface area contributed by atoms with Gasteiger partial charge in [-0.15, -0.1) is 5.06 Å². The maximum atomic E-state index is 14.7. The fraction of sp³-hybridized carbons (Fsp3) is 0.500. The topological polar surface area (TPSA) is 116 Å². The molecule has 0 saturated carbocycles. The van der Waals surface area contributed by atoms with Gasteiger partial charge in [0.25, 0.3) is 11.5 Å². The Morgan fingerprint density at radius 2 is 1.73 bits per heavy atom. The van der Waals surface area contributed by atoms with Gasteiger partial charge < -0.3 is 14.6 Å². The number of hydroxylamine groups is 2. The fourth-order valence-corrected chi connectivity index (χ4v) is 4.84. The van der Waals surface area contributed by atoms with Crippen molar-refractivity contribution in [2.75, 3.05) is 32.7 Å². The first-order valence-corrected chi connectivity index (χ1v) is 12.8. The molecule has 216 valence electrons. The fourth-order valence-electron chi connectivity index (χ4n) is 4.84. The normalized spacial score (nSPS) is 18.2. The molecule has 2 aromatic rings. The van der Waals surface area contributed by atoms with E-state index in [2.05, 4.69) is 15.0 Å². The number of piperazine rings is 1. The quantitative estimate of drug-likeness (QED) is 0.533. The van der Waals surface area contributed by atoms with Gasteiger partial charge >= 0.3 is 12.1 Å². The Morgan fingerprint density at radius 3 is 2.40 bits per heavy atom. The first-order valence-electron chi connectivity index (χ1n) is 12.8. The van der Waals surface area contributed by atoms with E-state index >= 15 is 0 Å². The van der Waals surface area contributed by atoms with E-state index < -0.39 is 29.9 Å². The number of rotatable bonds is 6. The molecule has 4 rings (SSSR count). The average molecular weight is 568 g/mol. The van der Waals surface area contributed by atoms with Crippen molar-refractivity contribution >= 4 is 17.8 Å². The van der Waals surface area contributed by atoms with Crippen molar-refractivity contribution in [2.24, 2.45) is 0 Å². The van der Waals surface area contributed by atoms with Crippen molar-refractivity contribution < 1.29 is 36.8 Å². The summed E-state index contributed by atoms with van der Waals surface area (Å²) >= 11 is 0. The summed E-state index contributed by atoms with van der Waals surface area (Å²) in [6.07, 6.45) is -4.10. The molecule has 14 heteroatoms. The molecule has 1 aromatic carbocycles. The molecule has 0 radical (unpaired) electrons. The molecule has 0 unspecified atom stereocenters. The summed E-state index contributed by atoms with van der Waals surface area (Å²) in [5, 5.41) is 7.41. The van der Waals surface area contributed by atoms with E-state index in [1.54, 1.807) is 19.9 Å². The van der Waals surface area contributed by atoms with Crippen LogP contribution in [0.2, 0.25) is 0 Å². The van der Waals surface area contributed by atoms with E-state index in [1.165, 1.54) is 21.9 Å². The van der Waals surface area contributed by atoms with Gasteiger partial charge in [-0.3, -0.25) is 14.4 Å². The number of hydrogen-bond donors (Lipinski definition) is 1. The molecule has 10 nitrogen and oxygen atoms in total. The third-order valence-corrected chi connectivity index (χ3v) is 7.35. The second kappa shape index (κ2) is 11.7. The largest absolute Gasteiger partial charge is 0.492 e. The molecule has 2 fully saturated rings. The van der Waals surface area contributed by atoms with Crippen LogP contribution >= 0.6 is 0 Å². The Bertz CT molecular complexity index is 1350. The number of hydrogen-bond acceptors (Lipinski definition) is 7. The minimum Gasteiger partial charge on any atom is -0.361 e. The molecule has 40 heavy (non-hydrogen) atoms. The Balaban J connectivity index is 1.35. The number of nitrogens with one attached hydrogen (secondary N) is 1. The van der Waals surface area contributed by atoms with Crippen LogP contribution in [0.5, 0.6) is 0 Å². The summed E-state index contributed by atoms with van der Waals surface area (Å²) in [6.45, 7) is 4.17. The molecule has 3 heterocycles. The number of amides is 2. The van der Waals surface area contributed by atoms with Gasteiger partial charge in [-0.1, -0.05) is 6.07 Å². The molecule has 1 N–H and O–H groups in total. The minimum atomic E-state index is -5.13. The van der Waals surface area contributed by atoms with E-state index in [-0.39, 0.29) is 62.6 Å². The maximum absolute atomic E-state index is 14.7. The second-order valence-electron chi connectivity index (χ2n) is 9.93. The first-order chi connectivity index (χ1) is 18.8. The number of carbonyl (C=O) groups excluding carboxylic acids is 3.